The van der Waals surface area contributed by atoms with Crippen LogP contribution in [0.5, 0.6) is 0 Å². The van der Waals surface area contributed by atoms with Crippen LogP contribution in [-0.2, 0) is 17.8 Å². The molecular formula is C36H34ClFN2O4. The van der Waals surface area contributed by atoms with Crippen molar-refractivity contribution in [2.24, 2.45) is 0 Å². The van der Waals surface area contributed by atoms with Gasteiger partial charge in [-0.2, -0.15) is 0 Å². The van der Waals surface area contributed by atoms with Gasteiger partial charge in [-0.05, 0) is 85.4 Å². The van der Waals surface area contributed by atoms with Crippen LogP contribution < -0.4 is 10.7 Å². The van der Waals surface area contributed by atoms with Crippen LogP contribution >= 0.6 is 11.6 Å². The Hall–Kier alpha value is -4.23. The zero-order chi connectivity index (χ0) is 30.6. The van der Waals surface area contributed by atoms with Crippen LogP contribution in [0, 0.1) is 5.82 Å². The summed E-state index contributed by atoms with van der Waals surface area (Å²) < 4.78 is 20.0. The van der Waals surface area contributed by atoms with Crippen molar-refractivity contribution in [3.05, 3.63) is 128 Å². The van der Waals surface area contributed by atoms with Gasteiger partial charge in [0.05, 0.1) is 11.4 Å². The Morgan fingerprint density at radius 1 is 1.02 bits per heavy atom. The molecule has 1 saturated heterocycles. The summed E-state index contributed by atoms with van der Waals surface area (Å²) in [5.41, 5.74) is 4.07. The molecule has 8 heteroatoms. The number of nitrogens with zero attached hydrogens (tertiary/aromatic N) is 1. The van der Waals surface area contributed by atoms with Crippen molar-refractivity contribution in [2.75, 3.05) is 6.54 Å². The average Bonchev–Trinajstić information content (AvgIpc) is 3.43. The molecule has 2 amide bonds. The molecule has 1 aliphatic carbocycles. The molecule has 0 radical (unpaired) electrons. The highest BCUT2D eigenvalue weighted by molar-refractivity contribution is 6.30. The molecule has 1 atom stereocenters. The molecule has 1 saturated carbocycles. The molecule has 3 aromatic carbocycles. The number of hydrogen-bond acceptors (Lipinski definition) is 4. The van der Waals surface area contributed by atoms with E-state index in [0.717, 1.165) is 50.3 Å². The number of fused-ring (bicyclic) bond motifs is 1. The Morgan fingerprint density at radius 2 is 1.80 bits per heavy atom. The number of allylic oxidation sites excluding steroid dienone is 1. The van der Waals surface area contributed by atoms with Gasteiger partial charge in [0, 0.05) is 30.6 Å². The number of benzene rings is 3. The highest BCUT2D eigenvalue weighted by Gasteiger charge is 2.25. The fourth-order valence-corrected chi connectivity index (χ4v) is 6.55. The number of likely N-dealkylation sites (tertiary alicyclic amines) is 1. The van der Waals surface area contributed by atoms with E-state index in [1.165, 1.54) is 34.9 Å². The summed E-state index contributed by atoms with van der Waals surface area (Å²) in [5.74, 6) is -0.881. The monoisotopic (exact) mass is 612 g/mol. The van der Waals surface area contributed by atoms with Gasteiger partial charge in [-0.3, -0.25) is 14.4 Å². The first-order valence-corrected chi connectivity index (χ1v) is 15.5. The van der Waals surface area contributed by atoms with Crippen molar-refractivity contribution in [3.63, 3.8) is 0 Å². The summed E-state index contributed by atoms with van der Waals surface area (Å²) in [5, 5.41) is 3.73. The first-order chi connectivity index (χ1) is 21.3. The molecule has 1 aliphatic heterocycles. The average molecular weight is 613 g/mol. The van der Waals surface area contributed by atoms with Crippen molar-refractivity contribution in [2.45, 2.75) is 63.5 Å². The van der Waals surface area contributed by atoms with Gasteiger partial charge < -0.3 is 14.6 Å². The number of para-hydroxylation sites is 1. The second-order valence-corrected chi connectivity index (χ2v) is 12.2. The third-order valence-corrected chi connectivity index (χ3v) is 8.96. The van der Waals surface area contributed by atoms with Gasteiger partial charge in [0.15, 0.2) is 22.6 Å². The van der Waals surface area contributed by atoms with E-state index < -0.39 is 17.2 Å². The van der Waals surface area contributed by atoms with Gasteiger partial charge in [-0.15, -0.1) is 0 Å². The molecule has 0 spiro atoms. The molecule has 2 aliphatic rings. The van der Waals surface area contributed by atoms with E-state index in [2.05, 4.69) is 29.6 Å². The van der Waals surface area contributed by atoms with Gasteiger partial charge >= 0.3 is 0 Å². The minimum Gasteiger partial charge on any atom is -0.448 e. The van der Waals surface area contributed by atoms with Gasteiger partial charge in [0.25, 0.3) is 5.91 Å². The molecule has 6 nitrogen and oxygen atoms in total. The molecule has 6 rings (SSSR count). The second kappa shape index (κ2) is 13.2. The SMILES string of the molecule is O=C(NC(C=C1CCC(c2ccccc2CN2CCCC2=O)CC1)Cc1ccc(Cl)cc1)c1cc(=O)c2cccc(F)c2o1. The Labute approximate surface area is 260 Å². The van der Waals surface area contributed by atoms with Crippen LogP contribution in [0.15, 0.2) is 93.7 Å². The van der Waals surface area contributed by atoms with Crippen LogP contribution in [0.3, 0.4) is 0 Å². The summed E-state index contributed by atoms with van der Waals surface area (Å²) in [7, 11) is 0. The largest absolute Gasteiger partial charge is 0.448 e. The number of rotatable bonds is 8. The highest BCUT2D eigenvalue weighted by atomic mass is 35.5. The predicted molar refractivity (Wildman–Crippen MR) is 169 cm³/mol. The highest BCUT2D eigenvalue weighted by Crippen LogP contribution is 2.37. The second-order valence-electron chi connectivity index (χ2n) is 11.7. The fourth-order valence-electron chi connectivity index (χ4n) is 6.42. The zero-order valence-electron chi connectivity index (χ0n) is 24.4. The molecule has 2 heterocycles. The molecule has 2 fully saturated rings. The number of nitrogens with one attached hydrogen (secondary N) is 1. The van der Waals surface area contributed by atoms with E-state index >= 15 is 0 Å². The Bertz CT molecular complexity index is 1770. The van der Waals surface area contributed by atoms with E-state index in [1.807, 2.05) is 35.2 Å². The van der Waals surface area contributed by atoms with E-state index in [0.29, 0.717) is 30.3 Å². The van der Waals surface area contributed by atoms with Crippen molar-refractivity contribution >= 4 is 34.4 Å². The van der Waals surface area contributed by atoms with Crippen molar-refractivity contribution in [1.29, 1.82) is 0 Å². The maximum absolute atomic E-state index is 14.4. The summed E-state index contributed by atoms with van der Waals surface area (Å²) in [6.07, 6.45) is 7.88. The Kier molecular flexibility index (Phi) is 8.94. The normalized spacial score (nSPS) is 17.6. The van der Waals surface area contributed by atoms with Crippen LogP contribution in [-0.4, -0.2) is 29.3 Å². The third kappa shape index (κ3) is 6.78. The molecule has 4 aromatic rings. The lowest BCUT2D eigenvalue weighted by Crippen LogP contribution is -2.36. The van der Waals surface area contributed by atoms with Crippen LogP contribution in [0.1, 0.15) is 71.7 Å². The van der Waals surface area contributed by atoms with Gasteiger partial charge in [-0.25, -0.2) is 4.39 Å². The lowest BCUT2D eigenvalue weighted by Gasteiger charge is -2.28. The molecule has 1 aromatic heterocycles. The standard InChI is InChI=1S/C36H34ClFN2O4/c37-27-16-12-24(13-17-27)20-28(39-36(43)33-21-32(41)30-7-3-8-31(38)35(30)44-33)19-23-10-14-25(15-11-23)29-6-2-1-5-26(29)22-40-18-4-9-34(40)42/h1-3,5-8,12-13,16-17,19,21,25,28H,4,9-11,14-15,18,20,22H2,(H,39,43). The third-order valence-electron chi connectivity index (χ3n) is 8.71. The fraction of sp³-hybridized carbons (Fsp3) is 0.306. The molecular weight excluding hydrogens is 579 g/mol. The summed E-state index contributed by atoms with van der Waals surface area (Å²) in [4.78, 5) is 40.2. The minimum atomic E-state index is -0.695. The molecule has 226 valence electrons. The van der Waals surface area contributed by atoms with Crippen molar-refractivity contribution in [3.8, 4) is 0 Å². The number of amides is 2. The number of carbonyl (C=O) groups is 2. The van der Waals surface area contributed by atoms with E-state index in [1.54, 1.807) is 0 Å². The summed E-state index contributed by atoms with van der Waals surface area (Å²) in [6, 6.07) is 20.8. The molecule has 1 unspecified atom stereocenters. The molecule has 0 bridgehead atoms. The van der Waals surface area contributed by atoms with Gasteiger partial charge in [0.1, 0.15) is 0 Å². The lowest BCUT2D eigenvalue weighted by molar-refractivity contribution is -0.128. The molecule has 44 heavy (non-hydrogen) atoms. The topological polar surface area (TPSA) is 79.6 Å². The maximum Gasteiger partial charge on any atom is 0.287 e. The number of halogens is 2. The van der Waals surface area contributed by atoms with E-state index in [4.69, 9.17) is 16.0 Å². The van der Waals surface area contributed by atoms with Crippen LogP contribution in [0.2, 0.25) is 5.02 Å². The lowest BCUT2D eigenvalue weighted by atomic mass is 9.79. The Morgan fingerprint density at radius 3 is 2.55 bits per heavy atom. The summed E-state index contributed by atoms with van der Waals surface area (Å²) >= 11 is 6.10. The number of hydrogen-bond donors (Lipinski definition) is 1. The predicted octanol–water partition coefficient (Wildman–Crippen LogP) is 7.33. The van der Waals surface area contributed by atoms with Gasteiger partial charge in [-0.1, -0.05) is 65.7 Å². The number of carbonyl (C=O) groups excluding carboxylic acids is 2. The van der Waals surface area contributed by atoms with E-state index in [-0.39, 0.29) is 28.7 Å². The first kappa shape index (κ1) is 29.8. The summed E-state index contributed by atoms with van der Waals surface area (Å²) in [6.45, 7) is 1.49. The van der Waals surface area contributed by atoms with Crippen LogP contribution in [0.25, 0.3) is 11.0 Å². The van der Waals surface area contributed by atoms with Crippen molar-refractivity contribution < 1.29 is 18.4 Å². The maximum atomic E-state index is 14.4. The van der Waals surface area contributed by atoms with E-state index in [9.17, 15) is 18.8 Å². The Balaban J connectivity index is 1.20. The minimum absolute atomic E-state index is 0.0896. The smallest absolute Gasteiger partial charge is 0.287 e. The quantitative estimate of drug-likeness (QED) is 0.211. The zero-order valence-corrected chi connectivity index (χ0v) is 25.1. The molecule has 1 N–H and O–H groups in total. The first-order valence-electron chi connectivity index (χ1n) is 15.2. The van der Waals surface area contributed by atoms with Gasteiger partial charge in [0.2, 0.25) is 5.91 Å². The van der Waals surface area contributed by atoms with Crippen molar-refractivity contribution in [1.82, 2.24) is 10.2 Å². The van der Waals surface area contributed by atoms with Crippen LogP contribution in [0.4, 0.5) is 4.39 Å².